The predicted molar refractivity (Wildman–Crippen MR) is 315 cm³/mol. The number of ether oxygens (including phenoxy) is 6. The summed E-state index contributed by atoms with van der Waals surface area (Å²) in [5, 5.41) is 7.86. The van der Waals surface area contributed by atoms with Gasteiger partial charge in [0.2, 0.25) is 10.0 Å². The van der Waals surface area contributed by atoms with Crippen molar-refractivity contribution in [2.75, 3.05) is 106 Å². The Labute approximate surface area is 493 Å². The number of hydrogen-bond acceptors (Lipinski definition) is 14. The first-order valence-corrected chi connectivity index (χ1v) is 31.8. The summed E-state index contributed by atoms with van der Waals surface area (Å²) in [4.78, 5) is 27.6. The number of amides is 2. The summed E-state index contributed by atoms with van der Waals surface area (Å²) < 4.78 is 87.8. The van der Waals surface area contributed by atoms with Crippen molar-refractivity contribution in [1.29, 1.82) is 0 Å². The maximum Gasteiger partial charge on any atom is 0.314 e. The number of ketones is 1. The number of rotatable bonds is 34. The number of nitrogens with zero attached hydrogens (tertiary/aromatic N) is 2. The van der Waals surface area contributed by atoms with E-state index in [1.165, 1.54) is 12.1 Å². The lowest BCUT2D eigenvalue weighted by Gasteiger charge is -2.27. The van der Waals surface area contributed by atoms with E-state index in [0.717, 1.165) is 60.8 Å². The molecule has 4 aromatic rings. The van der Waals surface area contributed by atoms with E-state index in [2.05, 4.69) is 25.2 Å². The number of nitrogens with one attached hydrogen (secondary N) is 3. The monoisotopic (exact) mass is 1230 g/mol. The van der Waals surface area contributed by atoms with Crippen LogP contribution in [0.2, 0.25) is 20.1 Å². The first-order chi connectivity index (χ1) is 38.2. The highest BCUT2D eigenvalue weighted by molar-refractivity contribution is 7.91. The number of carbonyl (C=O) groups is 2. The fourth-order valence-corrected chi connectivity index (χ4v) is 12.5. The Balaban J connectivity index is 0.000000307. The minimum absolute atomic E-state index is 0.0420. The zero-order valence-electron chi connectivity index (χ0n) is 46.7. The number of urea groups is 1. The molecule has 0 aromatic heterocycles. The average Bonchev–Trinajstić information content (AvgIpc) is 4.13. The lowest BCUT2D eigenvalue weighted by molar-refractivity contribution is -0.118. The number of Topliss-reactive ketones (excluding diaryl/α,β-unsaturated/α-hetero) is 1. The van der Waals surface area contributed by atoms with Gasteiger partial charge in [-0.1, -0.05) is 66.7 Å². The zero-order valence-corrected chi connectivity index (χ0v) is 51.4. The van der Waals surface area contributed by atoms with Crippen molar-refractivity contribution in [2.45, 2.75) is 106 Å². The number of carbonyl (C=O) groups excluding carboxylic acids is 2. The van der Waals surface area contributed by atoms with Crippen LogP contribution in [-0.4, -0.2) is 157 Å². The number of unbranched alkanes of at least 4 members (excludes halogenated alkanes) is 2. The van der Waals surface area contributed by atoms with Crippen molar-refractivity contribution in [2.24, 2.45) is 0 Å². The van der Waals surface area contributed by atoms with Gasteiger partial charge < -0.3 is 48.9 Å². The minimum atomic E-state index is -3.65. The first kappa shape index (κ1) is 67.0. The van der Waals surface area contributed by atoms with Crippen LogP contribution in [-0.2, 0) is 56.4 Å². The Kier molecular flexibility index (Phi) is 28.6. The van der Waals surface area contributed by atoms with Crippen LogP contribution in [0.25, 0.3) is 0 Å². The van der Waals surface area contributed by atoms with Crippen LogP contribution in [0.5, 0.6) is 11.5 Å². The number of benzene rings is 4. The molecule has 3 N–H and O–H groups in total. The molecule has 0 saturated carbocycles. The molecule has 17 nitrogen and oxygen atoms in total. The topological polar surface area (TPSA) is 200 Å². The first-order valence-electron chi connectivity index (χ1n) is 27.1. The van der Waals surface area contributed by atoms with Crippen LogP contribution < -0.4 is 24.8 Å². The summed E-state index contributed by atoms with van der Waals surface area (Å²) in [6.07, 6.45) is 5.99. The molecule has 23 heteroatoms. The highest BCUT2D eigenvalue weighted by Gasteiger charge is 2.39. The van der Waals surface area contributed by atoms with Crippen LogP contribution in [0.3, 0.4) is 0 Å². The van der Waals surface area contributed by atoms with Crippen LogP contribution in [0.1, 0.15) is 93.3 Å². The van der Waals surface area contributed by atoms with Gasteiger partial charge in [-0.15, -0.1) is 0 Å². The highest BCUT2D eigenvalue weighted by atomic mass is 35.5. The maximum absolute atomic E-state index is 12.9. The van der Waals surface area contributed by atoms with Crippen LogP contribution in [0, 0.1) is 0 Å². The third kappa shape index (κ3) is 21.4. The van der Waals surface area contributed by atoms with Gasteiger partial charge in [0.25, 0.3) is 0 Å². The molecule has 2 aliphatic rings. The van der Waals surface area contributed by atoms with Crippen molar-refractivity contribution in [3.05, 3.63) is 115 Å². The molecule has 444 valence electrons. The summed E-state index contributed by atoms with van der Waals surface area (Å²) in [6, 6.07) is 20.0. The number of sulfone groups is 1. The molecule has 0 saturated heterocycles. The Morgan fingerprint density at radius 3 is 1.54 bits per heavy atom. The second-order valence-electron chi connectivity index (χ2n) is 19.8. The van der Waals surface area contributed by atoms with Crippen LogP contribution in [0.4, 0.5) is 4.79 Å². The third-order valence-electron chi connectivity index (χ3n) is 13.4. The lowest BCUT2D eigenvalue weighted by atomic mass is 10.1. The fourth-order valence-electron chi connectivity index (χ4n) is 9.03. The maximum atomic E-state index is 12.9. The molecule has 0 aliphatic heterocycles. The van der Waals surface area contributed by atoms with Crippen molar-refractivity contribution >= 4 is 78.1 Å². The Morgan fingerprint density at radius 1 is 0.562 bits per heavy atom. The molecule has 2 amide bonds. The molecular weight excluding hydrogens is 1150 g/mol. The van der Waals surface area contributed by atoms with Gasteiger partial charge in [0.15, 0.2) is 9.84 Å². The summed E-state index contributed by atoms with van der Waals surface area (Å²) >= 11 is 25.4. The normalized spacial score (nSPS) is 16.8. The van der Waals surface area contributed by atoms with Crippen LogP contribution in [0.15, 0.2) is 82.6 Å². The molecule has 0 heterocycles. The molecule has 4 atom stereocenters. The number of hydrogen-bond donors (Lipinski definition) is 3. The van der Waals surface area contributed by atoms with Gasteiger partial charge in [-0.05, 0) is 151 Å². The van der Waals surface area contributed by atoms with Gasteiger partial charge in [0.05, 0.1) is 67.3 Å². The molecule has 0 bridgehead atoms. The Morgan fingerprint density at radius 2 is 1.04 bits per heavy atom. The van der Waals surface area contributed by atoms with Gasteiger partial charge in [0, 0.05) is 76.9 Å². The van der Waals surface area contributed by atoms with Gasteiger partial charge in [0.1, 0.15) is 29.5 Å². The molecule has 0 unspecified atom stereocenters. The molecule has 2 aliphatic carbocycles. The minimum Gasteiger partial charge on any atom is -0.484 e. The SMILES string of the molecule is CCC(=O)CCCCCNC(=O)NCCOCCOCCCS(=O)(=O)c1ccc(O[C@H]2c3cc(Cl)cc(Cl)c3C[C@@H]2N(C)C)cc1.CCCOCCOCCNS(=O)(=O)c1ccc(O[C@H]2c3cc(Cl)cc(Cl)c3C[C@@H]2N(C)C)cc1. The number of halogens is 4. The van der Waals surface area contributed by atoms with Crippen molar-refractivity contribution in [1.82, 2.24) is 25.2 Å². The molecule has 0 fully saturated rings. The van der Waals surface area contributed by atoms with E-state index in [9.17, 15) is 26.4 Å². The number of fused-ring (bicyclic) bond motifs is 2. The van der Waals surface area contributed by atoms with E-state index < -0.39 is 19.9 Å². The van der Waals surface area contributed by atoms with Crippen molar-refractivity contribution in [3.8, 4) is 11.5 Å². The van der Waals surface area contributed by atoms with Crippen LogP contribution >= 0.6 is 46.4 Å². The van der Waals surface area contributed by atoms with Gasteiger partial charge in [-0.25, -0.2) is 26.4 Å². The third-order valence-corrected chi connectivity index (χ3v) is 17.8. The van der Waals surface area contributed by atoms with E-state index in [1.54, 1.807) is 48.5 Å². The number of sulfonamides is 1. The Hall–Kier alpha value is -3.80. The van der Waals surface area contributed by atoms with E-state index in [4.69, 9.17) is 74.8 Å². The molecular formula is C57H79Cl4N5O12S2. The second kappa shape index (κ2) is 34.1. The summed E-state index contributed by atoms with van der Waals surface area (Å²) in [5.74, 6) is 1.36. The zero-order chi connectivity index (χ0) is 58.2. The summed E-state index contributed by atoms with van der Waals surface area (Å²) in [5.41, 5.74) is 3.94. The molecule has 0 radical (unpaired) electrons. The quantitative estimate of drug-likeness (QED) is 0.0373. The largest absolute Gasteiger partial charge is 0.484 e. The molecule has 4 aromatic carbocycles. The smallest absolute Gasteiger partial charge is 0.314 e. The standard InChI is InChI=1S/C33H47Cl2N3O7S.C24H32Cl2N2O5S/c1-4-25(39)9-6-5-7-14-36-33(40)37-15-17-44-19-18-43-16-8-20-46(41,42)27-12-10-26(11-13-27)45-32-29-21-24(34)22-30(35)28(29)23-31(32)38(2)3;1-4-10-31-12-13-32-11-9-27-34(29,30)19-7-5-18(6-8-19)33-24-21-14-17(25)15-22(26)20(21)16-23(24)28(2)3/h10-13,21-22,31-32H,4-9,14-20,23H2,1-3H3,(H2,36,37,40);5-8,14-15,23-24,27H,4,9-13,16H2,1-3H3/t31-,32-;23-,24-/m00/s1. The van der Waals surface area contributed by atoms with E-state index >= 15 is 0 Å². The van der Waals surface area contributed by atoms with Crippen molar-refractivity contribution in [3.63, 3.8) is 0 Å². The number of likely N-dealkylation sites (N-methyl/N-ethyl adjacent to an activating group) is 2. The van der Waals surface area contributed by atoms with E-state index in [1.807, 2.05) is 54.2 Å². The van der Waals surface area contributed by atoms with Gasteiger partial charge >= 0.3 is 6.03 Å². The van der Waals surface area contributed by atoms with E-state index in [-0.39, 0.29) is 71.4 Å². The predicted octanol–water partition coefficient (Wildman–Crippen LogP) is 9.96. The fraction of sp³-hybridized carbons (Fsp3) is 0.544. The average molecular weight is 1230 g/mol. The van der Waals surface area contributed by atoms with Crippen molar-refractivity contribution < 1.29 is 54.8 Å². The molecule has 6 rings (SSSR count). The summed E-state index contributed by atoms with van der Waals surface area (Å²) in [7, 11) is 0.821. The highest BCUT2D eigenvalue weighted by Crippen LogP contribution is 2.44. The molecule has 0 spiro atoms. The molecule has 80 heavy (non-hydrogen) atoms. The second-order valence-corrected chi connectivity index (χ2v) is 25.4. The summed E-state index contributed by atoms with van der Waals surface area (Å²) in [6.45, 7) is 8.21. The van der Waals surface area contributed by atoms with Gasteiger partial charge in [-0.3, -0.25) is 4.79 Å². The van der Waals surface area contributed by atoms with E-state index in [0.29, 0.717) is 104 Å². The lowest BCUT2D eigenvalue weighted by Crippen LogP contribution is -2.37. The van der Waals surface area contributed by atoms with Gasteiger partial charge in [-0.2, -0.15) is 0 Å². The Bertz CT molecular complexity index is 2800.